The van der Waals surface area contributed by atoms with Crippen molar-refractivity contribution in [3.63, 3.8) is 0 Å². The molecule has 174 valence electrons. The predicted molar refractivity (Wildman–Crippen MR) is 137 cm³/mol. The van der Waals surface area contributed by atoms with E-state index in [2.05, 4.69) is 58.0 Å². The molecule has 1 heterocycles. The number of nitrogens with zero attached hydrogens (tertiary/aromatic N) is 1. The number of H-pyrrole nitrogens is 1. The molecular weight excluding hydrogens is 424 g/mol. The number of imidazole rings is 1. The molecule has 0 spiro atoms. The van der Waals surface area contributed by atoms with Gasteiger partial charge in [0.1, 0.15) is 5.75 Å². The Bertz CT molecular complexity index is 1200. The van der Waals surface area contributed by atoms with Crippen molar-refractivity contribution in [2.24, 2.45) is 0 Å². The van der Waals surface area contributed by atoms with Crippen LogP contribution in [0.3, 0.4) is 0 Å². The molecule has 0 saturated heterocycles. The zero-order valence-electron chi connectivity index (χ0n) is 19.3. The SMILES string of the molecule is CC/C=C(/Cc1ccccc1NO)Nc1ccc(CCOc2ccccc2-c2cnc[nH]2)cc1. The van der Waals surface area contributed by atoms with Crippen LogP contribution in [0.5, 0.6) is 5.75 Å². The van der Waals surface area contributed by atoms with Crippen molar-refractivity contribution in [2.45, 2.75) is 26.2 Å². The number of aromatic amines is 1. The van der Waals surface area contributed by atoms with Gasteiger partial charge in [0.05, 0.1) is 30.5 Å². The number of nitrogens with one attached hydrogen (secondary N) is 3. The van der Waals surface area contributed by atoms with Crippen molar-refractivity contribution in [2.75, 3.05) is 17.4 Å². The summed E-state index contributed by atoms with van der Waals surface area (Å²) in [5.41, 5.74) is 9.32. The first-order valence-electron chi connectivity index (χ1n) is 11.5. The second-order valence-electron chi connectivity index (χ2n) is 7.97. The van der Waals surface area contributed by atoms with Crippen LogP contribution in [-0.4, -0.2) is 21.8 Å². The van der Waals surface area contributed by atoms with Crippen LogP contribution >= 0.6 is 0 Å². The van der Waals surface area contributed by atoms with Crippen molar-refractivity contribution < 1.29 is 9.94 Å². The minimum absolute atomic E-state index is 0.587. The second kappa shape index (κ2) is 11.7. The van der Waals surface area contributed by atoms with E-state index >= 15 is 0 Å². The number of hydrogen-bond donors (Lipinski definition) is 4. The number of anilines is 2. The molecule has 4 rings (SSSR count). The Kier molecular flexibility index (Phi) is 7.98. The van der Waals surface area contributed by atoms with E-state index in [1.165, 1.54) is 5.56 Å². The molecule has 0 saturated carbocycles. The van der Waals surface area contributed by atoms with Crippen molar-refractivity contribution in [3.05, 3.63) is 108 Å². The molecule has 6 heteroatoms. The number of hydrogen-bond acceptors (Lipinski definition) is 5. The highest BCUT2D eigenvalue weighted by molar-refractivity contribution is 5.66. The summed E-state index contributed by atoms with van der Waals surface area (Å²) in [5, 5.41) is 12.9. The third kappa shape index (κ3) is 6.05. The Morgan fingerprint density at radius 2 is 1.82 bits per heavy atom. The van der Waals surface area contributed by atoms with Gasteiger partial charge in [-0.25, -0.2) is 4.98 Å². The summed E-state index contributed by atoms with van der Waals surface area (Å²) >= 11 is 0. The Morgan fingerprint density at radius 3 is 2.59 bits per heavy atom. The number of benzene rings is 3. The van der Waals surface area contributed by atoms with Crippen molar-refractivity contribution in [3.8, 4) is 17.0 Å². The Morgan fingerprint density at radius 1 is 1.03 bits per heavy atom. The maximum absolute atomic E-state index is 9.38. The number of ether oxygens (including phenoxy) is 1. The number of allylic oxidation sites excluding steroid dienone is 2. The monoisotopic (exact) mass is 454 g/mol. The fourth-order valence-electron chi connectivity index (χ4n) is 3.84. The normalized spacial score (nSPS) is 11.3. The van der Waals surface area contributed by atoms with Gasteiger partial charge in [-0.3, -0.25) is 10.7 Å². The molecular formula is C28H30N4O2. The summed E-state index contributed by atoms with van der Waals surface area (Å²) in [7, 11) is 0. The molecule has 34 heavy (non-hydrogen) atoms. The molecule has 6 nitrogen and oxygen atoms in total. The van der Waals surface area contributed by atoms with Gasteiger partial charge in [0.15, 0.2) is 0 Å². The van der Waals surface area contributed by atoms with E-state index in [1.54, 1.807) is 12.5 Å². The van der Waals surface area contributed by atoms with Gasteiger partial charge in [0.25, 0.3) is 0 Å². The largest absolute Gasteiger partial charge is 0.493 e. The molecule has 0 fully saturated rings. The highest BCUT2D eigenvalue weighted by Gasteiger charge is 2.08. The Balaban J connectivity index is 1.34. The summed E-state index contributed by atoms with van der Waals surface area (Å²) in [6.07, 6.45) is 8.08. The quantitative estimate of drug-likeness (QED) is 0.196. The van der Waals surface area contributed by atoms with Crippen molar-refractivity contribution >= 4 is 11.4 Å². The van der Waals surface area contributed by atoms with Crippen LogP contribution in [0.4, 0.5) is 11.4 Å². The molecule has 0 aliphatic carbocycles. The average Bonchev–Trinajstić information content (AvgIpc) is 3.41. The lowest BCUT2D eigenvalue weighted by Gasteiger charge is -2.14. The predicted octanol–water partition coefficient (Wildman–Crippen LogP) is 6.45. The van der Waals surface area contributed by atoms with Gasteiger partial charge < -0.3 is 15.0 Å². The van der Waals surface area contributed by atoms with E-state index in [4.69, 9.17) is 4.74 Å². The van der Waals surface area contributed by atoms with Gasteiger partial charge >= 0.3 is 0 Å². The average molecular weight is 455 g/mol. The van der Waals surface area contributed by atoms with E-state index in [1.807, 2.05) is 48.5 Å². The summed E-state index contributed by atoms with van der Waals surface area (Å²) < 4.78 is 6.08. The summed E-state index contributed by atoms with van der Waals surface area (Å²) in [6.45, 7) is 2.70. The van der Waals surface area contributed by atoms with E-state index in [9.17, 15) is 5.21 Å². The smallest absolute Gasteiger partial charge is 0.128 e. The van der Waals surface area contributed by atoms with E-state index in [-0.39, 0.29) is 0 Å². The fraction of sp³-hybridized carbons (Fsp3) is 0.179. The lowest BCUT2D eigenvalue weighted by Crippen LogP contribution is -2.06. The molecule has 0 aliphatic heterocycles. The van der Waals surface area contributed by atoms with Gasteiger partial charge in [-0.15, -0.1) is 0 Å². The van der Waals surface area contributed by atoms with Crippen molar-refractivity contribution in [1.82, 2.24) is 9.97 Å². The molecule has 4 N–H and O–H groups in total. The van der Waals surface area contributed by atoms with E-state index in [0.29, 0.717) is 13.0 Å². The highest BCUT2D eigenvalue weighted by atomic mass is 16.5. The maximum Gasteiger partial charge on any atom is 0.128 e. The van der Waals surface area contributed by atoms with Gasteiger partial charge in [-0.1, -0.05) is 55.5 Å². The molecule has 1 aromatic heterocycles. The summed E-state index contributed by atoms with van der Waals surface area (Å²) in [4.78, 5) is 7.24. The highest BCUT2D eigenvalue weighted by Crippen LogP contribution is 2.28. The fourth-order valence-corrected chi connectivity index (χ4v) is 3.84. The van der Waals surface area contributed by atoms with Gasteiger partial charge in [0.2, 0.25) is 0 Å². The molecule has 0 unspecified atom stereocenters. The number of rotatable bonds is 11. The standard InChI is InChI=1S/C28H30N4O2/c1-2-7-24(18-22-8-3-5-10-26(22)32-33)31-23-14-12-21(13-15-23)16-17-34-28-11-6-4-9-25(28)27-19-29-20-30-27/h3-15,19-20,31-33H,2,16-18H2,1H3,(H,29,30)/b24-7-. The summed E-state index contributed by atoms with van der Waals surface area (Å²) in [5.74, 6) is 0.844. The minimum Gasteiger partial charge on any atom is -0.493 e. The Labute approximate surface area is 200 Å². The lowest BCUT2D eigenvalue weighted by molar-refractivity contribution is 0.323. The topological polar surface area (TPSA) is 82.2 Å². The zero-order valence-corrected chi connectivity index (χ0v) is 19.3. The maximum atomic E-state index is 9.38. The van der Waals surface area contributed by atoms with Crippen LogP contribution in [0.15, 0.2) is 97.1 Å². The van der Waals surface area contributed by atoms with Crippen LogP contribution in [0.25, 0.3) is 11.3 Å². The molecule has 4 aromatic rings. The van der Waals surface area contributed by atoms with Crippen LogP contribution in [-0.2, 0) is 12.8 Å². The zero-order chi connectivity index (χ0) is 23.6. The first-order valence-corrected chi connectivity index (χ1v) is 11.5. The minimum atomic E-state index is 0.587. The molecule has 0 atom stereocenters. The third-order valence-corrected chi connectivity index (χ3v) is 5.55. The molecule has 0 radical (unpaired) electrons. The van der Waals surface area contributed by atoms with Gasteiger partial charge in [0, 0.05) is 29.8 Å². The number of aromatic nitrogens is 2. The van der Waals surface area contributed by atoms with Crippen LogP contribution in [0, 0.1) is 0 Å². The third-order valence-electron chi connectivity index (χ3n) is 5.55. The Hall–Kier alpha value is -4.03. The van der Waals surface area contributed by atoms with Crippen LogP contribution < -0.4 is 15.5 Å². The van der Waals surface area contributed by atoms with E-state index < -0.39 is 0 Å². The molecule has 3 aromatic carbocycles. The molecule has 0 amide bonds. The van der Waals surface area contributed by atoms with Crippen LogP contribution in [0.2, 0.25) is 0 Å². The number of para-hydroxylation sites is 2. The first-order chi connectivity index (χ1) is 16.8. The molecule has 0 bridgehead atoms. The van der Waals surface area contributed by atoms with Gasteiger partial charge in [-0.2, -0.15) is 0 Å². The van der Waals surface area contributed by atoms with Crippen molar-refractivity contribution in [1.29, 1.82) is 0 Å². The lowest BCUT2D eigenvalue weighted by atomic mass is 10.1. The first kappa shape index (κ1) is 23.1. The van der Waals surface area contributed by atoms with Crippen LogP contribution in [0.1, 0.15) is 24.5 Å². The van der Waals surface area contributed by atoms with Gasteiger partial charge in [-0.05, 0) is 47.9 Å². The van der Waals surface area contributed by atoms with E-state index in [0.717, 1.165) is 52.5 Å². The summed E-state index contributed by atoms with van der Waals surface area (Å²) in [6, 6.07) is 24.2. The molecule has 0 aliphatic rings. The second-order valence-corrected chi connectivity index (χ2v) is 7.97.